The fourth-order valence-corrected chi connectivity index (χ4v) is 4.14. The molecule has 0 aliphatic carbocycles. The summed E-state index contributed by atoms with van der Waals surface area (Å²) in [6.07, 6.45) is 0. The number of hydrogen-bond donors (Lipinski definition) is 0. The van der Waals surface area contributed by atoms with Gasteiger partial charge in [-0.05, 0) is 36.8 Å². The van der Waals surface area contributed by atoms with Crippen molar-refractivity contribution in [2.24, 2.45) is 0 Å². The molecule has 3 aromatic rings. The lowest BCUT2D eigenvalue weighted by Gasteiger charge is -2.34. The van der Waals surface area contributed by atoms with Gasteiger partial charge in [-0.25, -0.2) is 0 Å². The van der Waals surface area contributed by atoms with Gasteiger partial charge in [-0.1, -0.05) is 41.4 Å². The lowest BCUT2D eigenvalue weighted by Crippen LogP contribution is -2.49. The number of rotatable bonds is 4. The van der Waals surface area contributed by atoms with Crippen LogP contribution in [0.1, 0.15) is 23.0 Å². The molecule has 0 unspecified atom stereocenters. The summed E-state index contributed by atoms with van der Waals surface area (Å²) in [6, 6.07) is 12.9. The van der Waals surface area contributed by atoms with Gasteiger partial charge in [-0.2, -0.15) is 5.10 Å². The Morgan fingerprint density at radius 3 is 2.50 bits per heavy atom. The minimum atomic E-state index is -0.374. The fraction of sp³-hybridized carbons (Fsp3) is 0.318. The maximum absolute atomic E-state index is 13.1. The zero-order chi connectivity index (χ0) is 21.3. The number of aromatic nitrogens is 2. The number of carbonyl (C=O) groups is 1. The van der Waals surface area contributed by atoms with Gasteiger partial charge >= 0.3 is 0 Å². The van der Waals surface area contributed by atoms with Crippen molar-refractivity contribution in [1.82, 2.24) is 19.6 Å². The molecule has 0 saturated carbocycles. The first-order valence-electron chi connectivity index (χ1n) is 9.93. The zero-order valence-corrected chi connectivity index (χ0v) is 18.2. The number of fused-ring (bicyclic) bond motifs is 1. The van der Waals surface area contributed by atoms with E-state index in [-0.39, 0.29) is 17.0 Å². The van der Waals surface area contributed by atoms with Crippen molar-refractivity contribution < 1.29 is 4.79 Å². The topological polar surface area (TPSA) is 58.4 Å². The molecule has 4 rings (SSSR count). The highest BCUT2D eigenvalue weighted by Crippen LogP contribution is 2.19. The van der Waals surface area contributed by atoms with Crippen molar-refractivity contribution in [3.63, 3.8) is 0 Å². The number of carbonyl (C=O) groups excluding carboxylic acids is 1. The molecule has 0 N–H and O–H groups in total. The van der Waals surface area contributed by atoms with Crippen molar-refractivity contribution >= 4 is 40.0 Å². The average molecular weight is 445 g/mol. The van der Waals surface area contributed by atoms with Gasteiger partial charge in [0.2, 0.25) is 5.43 Å². The second-order valence-electron chi connectivity index (χ2n) is 7.31. The van der Waals surface area contributed by atoms with Gasteiger partial charge in [0.25, 0.3) is 5.91 Å². The highest BCUT2D eigenvalue weighted by molar-refractivity contribution is 6.31. The molecule has 1 fully saturated rings. The van der Waals surface area contributed by atoms with Crippen molar-refractivity contribution in [3.8, 4) is 0 Å². The second kappa shape index (κ2) is 8.76. The van der Waals surface area contributed by atoms with E-state index >= 15 is 0 Å². The lowest BCUT2D eigenvalue weighted by molar-refractivity contribution is 0.0619. The van der Waals surface area contributed by atoms with E-state index in [1.165, 1.54) is 0 Å². The largest absolute Gasteiger partial charge is 0.335 e. The predicted molar refractivity (Wildman–Crippen MR) is 119 cm³/mol. The molecule has 2 heterocycles. The first kappa shape index (κ1) is 20.8. The Labute approximate surface area is 184 Å². The third-order valence-electron chi connectivity index (χ3n) is 5.43. The van der Waals surface area contributed by atoms with Crippen molar-refractivity contribution in [1.29, 1.82) is 0 Å². The summed E-state index contributed by atoms with van der Waals surface area (Å²) >= 11 is 12.3. The molecular weight excluding hydrogens is 423 g/mol. The summed E-state index contributed by atoms with van der Waals surface area (Å²) in [7, 11) is 0. The van der Waals surface area contributed by atoms with Crippen LogP contribution < -0.4 is 5.43 Å². The summed E-state index contributed by atoms with van der Waals surface area (Å²) in [4.78, 5) is 30.0. The molecule has 1 amide bonds. The number of aryl methyl sites for hydroxylation is 1. The van der Waals surface area contributed by atoms with Crippen LogP contribution in [0.15, 0.2) is 47.3 Å². The maximum atomic E-state index is 13.1. The number of nitrogens with zero attached hydrogens (tertiary/aromatic N) is 4. The van der Waals surface area contributed by atoms with Gasteiger partial charge < -0.3 is 4.90 Å². The summed E-state index contributed by atoms with van der Waals surface area (Å²) in [5.41, 5.74) is 1.32. The van der Waals surface area contributed by atoms with Crippen LogP contribution in [0.5, 0.6) is 0 Å². The number of halogens is 2. The third-order valence-corrected chi connectivity index (χ3v) is 6.03. The minimum Gasteiger partial charge on any atom is -0.335 e. The highest BCUT2D eigenvalue weighted by atomic mass is 35.5. The SMILES string of the molecule is CCn1nc(C(=O)N2CCN(Cc3ccccc3Cl)CC2)c(=O)c2cc(Cl)ccc21. The van der Waals surface area contributed by atoms with E-state index in [1.54, 1.807) is 27.8 Å². The van der Waals surface area contributed by atoms with Gasteiger partial charge in [-0.3, -0.25) is 19.2 Å². The molecule has 1 saturated heterocycles. The summed E-state index contributed by atoms with van der Waals surface area (Å²) in [6.45, 7) is 5.68. The normalized spacial score (nSPS) is 15.0. The monoisotopic (exact) mass is 444 g/mol. The Morgan fingerprint density at radius 2 is 1.80 bits per heavy atom. The number of benzene rings is 2. The van der Waals surface area contributed by atoms with E-state index in [4.69, 9.17) is 23.2 Å². The van der Waals surface area contributed by atoms with Gasteiger partial charge in [0.15, 0.2) is 5.69 Å². The molecule has 1 aliphatic heterocycles. The molecule has 0 bridgehead atoms. The first-order chi connectivity index (χ1) is 14.5. The zero-order valence-electron chi connectivity index (χ0n) is 16.6. The smallest absolute Gasteiger partial charge is 0.278 e. The molecule has 1 aliphatic rings. The molecule has 156 valence electrons. The molecule has 0 atom stereocenters. The lowest BCUT2D eigenvalue weighted by atomic mass is 10.1. The van der Waals surface area contributed by atoms with Crippen molar-refractivity contribution in [2.45, 2.75) is 20.0 Å². The van der Waals surface area contributed by atoms with Crippen LogP contribution in [-0.2, 0) is 13.1 Å². The fourth-order valence-electron chi connectivity index (χ4n) is 3.77. The maximum Gasteiger partial charge on any atom is 0.278 e. The minimum absolute atomic E-state index is 0.0498. The quantitative estimate of drug-likeness (QED) is 0.615. The standard InChI is InChI=1S/C22H22Cl2N4O2/c1-2-28-19-8-7-16(23)13-17(19)21(29)20(25-28)22(30)27-11-9-26(10-12-27)14-15-5-3-4-6-18(15)24/h3-8,13H,2,9-12,14H2,1H3. The Morgan fingerprint density at radius 1 is 1.07 bits per heavy atom. The molecule has 0 radical (unpaired) electrons. The van der Waals surface area contributed by atoms with Crippen LogP contribution >= 0.6 is 23.2 Å². The molecule has 1 aromatic heterocycles. The summed E-state index contributed by atoms with van der Waals surface area (Å²) < 4.78 is 1.67. The van der Waals surface area contributed by atoms with Gasteiger partial charge in [-0.15, -0.1) is 0 Å². The van der Waals surface area contributed by atoms with E-state index in [0.717, 1.165) is 17.1 Å². The van der Waals surface area contributed by atoms with Crippen molar-refractivity contribution in [2.75, 3.05) is 26.2 Å². The van der Waals surface area contributed by atoms with Crippen LogP contribution in [0, 0.1) is 0 Å². The predicted octanol–water partition coefficient (Wildman–Crippen LogP) is 3.68. The highest BCUT2D eigenvalue weighted by Gasteiger charge is 2.26. The Hall–Kier alpha value is -2.41. The molecule has 0 spiro atoms. The molecule has 30 heavy (non-hydrogen) atoms. The molecule has 8 heteroatoms. The van der Waals surface area contributed by atoms with Crippen molar-refractivity contribution in [3.05, 3.63) is 74.0 Å². The molecule has 2 aromatic carbocycles. The molecule has 6 nitrogen and oxygen atoms in total. The van der Waals surface area contributed by atoms with Gasteiger partial charge in [0.1, 0.15) is 0 Å². The summed E-state index contributed by atoms with van der Waals surface area (Å²) in [5.74, 6) is -0.332. The van der Waals surface area contributed by atoms with E-state index in [9.17, 15) is 9.59 Å². The molecular formula is C22H22Cl2N4O2. The number of amides is 1. The van der Waals surface area contributed by atoms with E-state index in [1.807, 2.05) is 31.2 Å². The van der Waals surface area contributed by atoms with Gasteiger partial charge in [0.05, 0.1) is 10.9 Å². The first-order valence-corrected chi connectivity index (χ1v) is 10.7. The van der Waals surface area contributed by atoms with Gasteiger partial charge in [0, 0.05) is 49.3 Å². The summed E-state index contributed by atoms with van der Waals surface area (Å²) in [5, 5.41) is 5.98. The number of hydrogen-bond acceptors (Lipinski definition) is 4. The number of piperazine rings is 1. The Bertz CT molecular complexity index is 1150. The van der Waals surface area contributed by atoms with Crippen LogP contribution in [0.25, 0.3) is 10.9 Å². The van der Waals surface area contributed by atoms with Crippen LogP contribution in [0.4, 0.5) is 0 Å². The third kappa shape index (κ3) is 4.08. The van der Waals surface area contributed by atoms with E-state index < -0.39 is 0 Å². The average Bonchev–Trinajstić information content (AvgIpc) is 2.76. The van der Waals surface area contributed by atoms with E-state index in [2.05, 4.69) is 10.00 Å². The van der Waals surface area contributed by atoms with Crippen LogP contribution in [0.3, 0.4) is 0 Å². The Balaban J connectivity index is 1.53. The Kier molecular flexibility index (Phi) is 6.09. The van der Waals surface area contributed by atoms with Crippen LogP contribution in [-0.4, -0.2) is 51.7 Å². The van der Waals surface area contributed by atoms with Crippen LogP contribution in [0.2, 0.25) is 10.0 Å². The second-order valence-corrected chi connectivity index (χ2v) is 8.16. The van der Waals surface area contributed by atoms with E-state index in [0.29, 0.717) is 48.6 Å².